The fourth-order valence-electron chi connectivity index (χ4n) is 3.99. The second kappa shape index (κ2) is 10.4. The van der Waals surface area contributed by atoms with Gasteiger partial charge in [0.15, 0.2) is 0 Å². The molecule has 2 aliphatic rings. The number of ether oxygens (including phenoxy) is 1. The molecule has 1 aliphatic carbocycles. The summed E-state index contributed by atoms with van der Waals surface area (Å²) in [6, 6.07) is 0.950. The largest absolute Gasteiger partial charge is 0.380 e. The van der Waals surface area contributed by atoms with Gasteiger partial charge < -0.3 is 10.1 Å². The SMILES string of the molecule is CCOCCN1CCN(CC(=O)NC2CCC(C)CC2)CC1CC. The summed E-state index contributed by atoms with van der Waals surface area (Å²) in [7, 11) is 0. The molecule has 1 amide bonds. The minimum absolute atomic E-state index is 0.215. The number of hydrogen-bond acceptors (Lipinski definition) is 4. The lowest BCUT2D eigenvalue weighted by Gasteiger charge is -2.41. The van der Waals surface area contributed by atoms with E-state index in [1.807, 2.05) is 6.92 Å². The Kier molecular flexibility index (Phi) is 8.50. The Morgan fingerprint density at radius 1 is 1.17 bits per heavy atom. The van der Waals surface area contributed by atoms with E-state index < -0.39 is 0 Å². The maximum Gasteiger partial charge on any atom is 0.234 e. The highest BCUT2D eigenvalue weighted by molar-refractivity contribution is 5.78. The van der Waals surface area contributed by atoms with E-state index in [1.54, 1.807) is 0 Å². The lowest BCUT2D eigenvalue weighted by Crippen LogP contribution is -2.55. The van der Waals surface area contributed by atoms with Gasteiger partial charge in [0.25, 0.3) is 0 Å². The molecule has 1 saturated heterocycles. The molecule has 1 unspecified atom stereocenters. The van der Waals surface area contributed by atoms with Gasteiger partial charge in [-0.25, -0.2) is 0 Å². The molecule has 0 radical (unpaired) electrons. The minimum atomic E-state index is 0.215. The second-order valence-corrected chi connectivity index (χ2v) is 7.55. The van der Waals surface area contributed by atoms with Crippen LogP contribution in [0.3, 0.4) is 0 Å². The van der Waals surface area contributed by atoms with E-state index in [2.05, 4.69) is 29.0 Å². The van der Waals surface area contributed by atoms with Crippen LogP contribution in [-0.2, 0) is 9.53 Å². The molecule has 0 aromatic heterocycles. The second-order valence-electron chi connectivity index (χ2n) is 7.55. The number of amides is 1. The summed E-state index contributed by atoms with van der Waals surface area (Å²) >= 11 is 0. The Morgan fingerprint density at radius 2 is 1.92 bits per heavy atom. The Labute approximate surface area is 148 Å². The maximum absolute atomic E-state index is 12.4. The van der Waals surface area contributed by atoms with Crippen LogP contribution in [0.5, 0.6) is 0 Å². The third-order valence-electron chi connectivity index (χ3n) is 5.64. The Bertz CT molecular complexity index is 370. The Morgan fingerprint density at radius 3 is 2.58 bits per heavy atom. The summed E-state index contributed by atoms with van der Waals surface area (Å²) in [5.74, 6) is 1.04. The summed E-state index contributed by atoms with van der Waals surface area (Å²) < 4.78 is 5.49. The maximum atomic E-state index is 12.4. The molecule has 5 nitrogen and oxygen atoms in total. The van der Waals surface area contributed by atoms with Crippen molar-refractivity contribution in [2.75, 3.05) is 45.9 Å². The monoisotopic (exact) mass is 339 g/mol. The van der Waals surface area contributed by atoms with Crippen molar-refractivity contribution in [2.24, 2.45) is 5.92 Å². The molecule has 5 heteroatoms. The van der Waals surface area contributed by atoms with Gasteiger partial charge in [0.1, 0.15) is 0 Å². The fraction of sp³-hybridized carbons (Fsp3) is 0.947. The zero-order chi connectivity index (χ0) is 17.4. The van der Waals surface area contributed by atoms with Gasteiger partial charge in [0, 0.05) is 44.9 Å². The number of nitrogens with zero attached hydrogens (tertiary/aromatic N) is 2. The third kappa shape index (κ3) is 6.34. The van der Waals surface area contributed by atoms with Crippen molar-refractivity contribution in [3.63, 3.8) is 0 Å². The molecule has 1 N–H and O–H groups in total. The average molecular weight is 340 g/mol. The van der Waals surface area contributed by atoms with Crippen molar-refractivity contribution in [3.8, 4) is 0 Å². The van der Waals surface area contributed by atoms with Gasteiger partial charge in [-0.2, -0.15) is 0 Å². The highest BCUT2D eigenvalue weighted by Gasteiger charge is 2.27. The van der Waals surface area contributed by atoms with E-state index in [4.69, 9.17) is 4.74 Å². The van der Waals surface area contributed by atoms with Gasteiger partial charge in [-0.3, -0.25) is 14.6 Å². The van der Waals surface area contributed by atoms with Crippen LogP contribution in [0.15, 0.2) is 0 Å². The van der Waals surface area contributed by atoms with Crippen LogP contribution in [0, 0.1) is 5.92 Å². The molecule has 2 rings (SSSR count). The van der Waals surface area contributed by atoms with Crippen LogP contribution in [0.2, 0.25) is 0 Å². The summed E-state index contributed by atoms with van der Waals surface area (Å²) in [6.45, 7) is 12.8. The molecule has 1 saturated carbocycles. The van der Waals surface area contributed by atoms with E-state index >= 15 is 0 Å². The molecule has 1 aliphatic heterocycles. The molecule has 1 atom stereocenters. The number of rotatable bonds is 8. The number of hydrogen-bond donors (Lipinski definition) is 1. The van der Waals surface area contributed by atoms with Gasteiger partial charge in [-0.05, 0) is 44.9 Å². The number of carbonyl (C=O) groups is 1. The third-order valence-corrected chi connectivity index (χ3v) is 5.64. The highest BCUT2D eigenvalue weighted by atomic mass is 16.5. The van der Waals surface area contributed by atoms with Gasteiger partial charge >= 0.3 is 0 Å². The van der Waals surface area contributed by atoms with Gasteiger partial charge in [-0.1, -0.05) is 13.8 Å². The predicted molar refractivity (Wildman–Crippen MR) is 98.1 cm³/mol. The lowest BCUT2D eigenvalue weighted by molar-refractivity contribution is -0.124. The molecular formula is C19H37N3O2. The smallest absolute Gasteiger partial charge is 0.234 e. The normalized spacial score (nSPS) is 29.5. The first-order valence-corrected chi connectivity index (χ1v) is 9.95. The van der Waals surface area contributed by atoms with Crippen LogP contribution in [-0.4, -0.2) is 73.7 Å². The van der Waals surface area contributed by atoms with E-state index in [0.29, 0.717) is 18.6 Å². The zero-order valence-electron chi connectivity index (χ0n) is 15.9. The number of carbonyl (C=O) groups excluding carboxylic acids is 1. The molecule has 0 spiro atoms. The van der Waals surface area contributed by atoms with Crippen LogP contribution in [0.4, 0.5) is 0 Å². The summed E-state index contributed by atoms with van der Waals surface area (Å²) in [4.78, 5) is 17.2. The number of piperazine rings is 1. The van der Waals surface area contributed by atoms with E-state index in [-0.39, 0.29) is 5.91 Å². The van der Waals surface area contributed by atoms with Crippen molar-refractivity contribution < 1.29 is 9.53 Å². The topological polar surface area (TPSA) is 44.8 Å². The average Bonchev–Trinajstić information content (AvgIpc) is 2.58. The highest BCUT2D eigenvalue weighted by Crippen LogP contribution is 2.23. The molecule has 0 aromatic carbocycles. The fourth-order valence-corrected chi connectivity index (χ4v) is 3.99. The van der Waals surface area contributed by atoms with E-state index in [9.17, 15) is 4.79 Å². The lowest BCUT2D eigenvalue weighted by atomic mass is 9.87. The van der Waals surface area contributed by atoms with Crippen LogP contribution in [0.25, 0.3) is 0 Å². The first-order chi connectivity index (χ1) is 11.6. The molecule has 0 aromatic rings. The van der Waals surface area contributed by atoms with Gasteiger partial charge in [-0.15, -0.1) is 0 Å². The standard InChI is InChI=1S/C19H37N3O2/c1-4-18-14-21(10-11-22(18)12-13-24-5-2)15-19(23)20-17-8-6-16(3)7-9-17/h16-18H,4-15H2,1-3H3,(H,20,23). The molecular weight excluding hydrogens is 302 g/mol. The zero-order valence-corrected chi connectivity index (χ0v) is 15.9. The van der Waals surface area contributed by atoms with E-state index in [0.717, 1.165) is 64.6 Å². The van der Waals surface area contributed by atoms with Gasteiger partial charge in [0.2, 0.25) is 5.91 Å². The van der Waals surface area contributed by atoms with Crippen LogP contribution >= 0.6 is 0 Å². The number of nitrogens with one attached hydrogen (secondary N) is 1. The van der Waals surface area contributed by atoms with E-state index in [1.165, 1.54) is 12.8 Å². The quantitative estimate of drug-likeness (QED) is 0.688. The van der Waals surface area contributed by atoms with Crippen molar-refractivity contribution in [1.29, 1.82) is 0 Å². The Balaban J connectivity index is 1.70. The predicted octanol–water partition coefficient (Wildman–Crippen LogP) is 2.11. The van der Waals surface area contributed by atoms with Crippen molar-refractivity contribution in [1.82, 2.24) is 15.1 Å². The summed E-state index contributed by atoms with van der Waals surface area (Å²) in [5, 5.41) is 3.26. The molecule has 140 valence electrons. The van der Waals surface area contributed by atoms with Crippen molar-refractivity contribution in [2.45, 2.75) is 65.0 Å². The summed E-state index contributed by atoms with van der Waals surface area (Å²) in [5.41, 5.74) is 0. The molecule has 0 bridgehead atoms. The molecule has 2 fully saturated rings. The van der Waals surface area contributed by atoms with Gasteiger partial charge in [0.05, 0.1) is 13.2 Å². The van der Waals surface area contributed by atoms with Crippen molar-refractivity contribution in [3.05, 3.63) is 0 Å². The van der Waals surface area contributed by atoms with Crippen LogP contribution < -0.4 is 5.32 Å². The van der Waals surface area contributed by atoms with Crippen molar-refractivity contribution >= 4 is 5.91 Å². The van der Waals surface area contributed by atoms with Crippen LogP contribution in [0.1, 0.15) is 52.9 Å². The first-order valence-electron chi connectivity index (χ1n) is 9.95. The first kappa shape index (κ1) is 19.7. The Hall–Kier alpha value is -0.650. The minimum Gasteiger partial charge on any atom is -0.380 e. The molecule has 1 heterocycles. The molecule has 24 heavy (non-hydrogen) atoms. The summed E-state index contributed by atoms with van der Waals surface area (Å²) in [6.07, 6.45) is 5.93.